The summed E-state index contributed by atoms with van der Waals surface area (Å²) >= 11 is 0. The molecule has 2 aliphatic rings. The molecular weight excluding hydrogens is 372 g/mol. The van der Waals surface area contributed by atoms with E-state index in [2.05, 4.69) is 44.2 Å². The molecule has 0 amide bonds. The molecule has 152 valence electrons. The zero-order valence-corrected chi connectivity index (χ0v) is 16.3. The molecule has 2 aromatic rings. The molecule has 2 saturated heterocycles. The second kappa shape index (κ2) is 8.16. The Balaban J connectivity index is 1.47. The van der Waals surface area contributed by atoms with Crippen molar-refractivity contribution in [2.45, 2.75) is 50.4 Å². The fourth-order valence-electron chi connectivity index (χ4n) is 4.57. The smallest absolute Gasteiger partial charge is 0.339 e. The van der Waals surface area contributed by atoms with Crippen LogP contribution in [0.3, 0.4) is 0 Å². The highest BCUT2D eigenvalue weighted by Gasteiger charge is 2.41. The molecule has 2 atom stereocenters. The number of benzene rings is 1. The molecule has 4 rings (SSSR count). The standard InChI is InChI=1S/C21H24N4O4/c1-29-21(26)15-9-19(25(27)28)20(22-12-15)23-16-10-17-7-8-18(11-16)24(17)13-14-5-3-2-4-6-14/h2-6,9,12,16-18H,7-8,10-11,13H2,1H3,(H,22,23). The van der Waals surface area contributed by atoms with E-state index in [0.29, 0.717) is 12.1 Å². The number of ether oxygens (including phenoxy) is 1. The summed E-state index contributed by atoms with van der Waals surface area (Å²) in [7, 11) is 1.24. The Labute approximate surface area is 169 Å². The van der Waals surface area contributed by atoms with Crippen LogP contribution in [-0.2, 0) is 11.3 Å². The van der Waals surface area contributed by atoms with Crippen LogP contribution in [0, 0.1) is 10.1 Å². The van der Waals surface area contributed by atoms with E-state index in [1.54, 1.807) is 0 Å². The van der Waals surface area contributed by atoms with Gasteiger partial charge in [0.25, 0.3) is 0 Å². The molecule has 1 aromatic heterocycles. The first-order valence-corrected chi connectivity index (χ1v) is 9.84. The van der Waals surface area contributed by atoms with Gasteiger partial charge in [-0.1, -0.05) is 30.3 Å². The van der Waals surface area contributed by atoms with Crippen LogP contribution >= 0.6 is 0 Å². The summed E-state index contributed by atoms with van der Waals surface area (Å²) in [4.78, 5) is 29.4. The number of nitrogens with zero attached hydrogens (tertiary/aromatic N) is 3. The van der Waals surface area contributed by atoms with Gasteiger partial charge in [-0.25, -0.2) is 9.78 Å². The largest absolute Gasteiger partial charge is 0.465 e. The maximum Gasteiger partial charge on any atom is 0.339 e. The van der Waals surface area contributed by atoms with Crippen molar-refractivity contribution < 1.29 is 14.5 Å². The highest BCUT2D eigenvalue weighted by Crippen LogP contribution is 2.38. The second-order valence-corrected chi connectivity index (χ2v) is 7.70. The molecule has 1 N–H and O–H groups in total. The Morgan fingerprint density at radius 2 is 1.97 bits per heavy atom. The van der Waals surface area contributed by atoms with Gasteiger partial charge < -0.3 is 10.1 Å². The molecular formula is C21H24N4O4. The molecule has 3 heterocycles. The number of nitrogens with one attached hydrogen (secondary N) is 1. The third kappa shape index (κ3) is 4.07. The average Bonchev–Trinajstić information content (AvgIpc) is 2.96. The van der Waals surface area contributed by atoms with Gasteiger partial charge in [-0.2, -0.15) is 0 Å². The van der Waals surface area contributed by atoms with Crippen molar-refractivity contribution in [2.75, 3.05) is 12.4 Å². The Kier molecular flexibility index (Phi) is 5.44. The fourth-order valence-corrected chi connectivity index (χ4v) is 4.57. The number of fused-ring (bicyclic) bond motifs is 2. The predicted molar refractivity (Wildman–Crippen MR) is 108 cm³/mol. The monoisotopic (exact) mass is 396 g/mol. The number of esters is 1. The molecule has 2 bridgehead atoms. The van der Waals surface area contributed by atoms with Crippen LogP contribution in [0.15, 0.2) is 42.6 Å². The van der Waals surface area contributed by atoms with E-state index >= 15 is 0 Å². The third-order valence-electron chi connectivity index (χ3n) is 5.92. The van der Waals surface area contributed by atoms with Crippen molar-refractivity contribution >= 4 is 17.5 Å². The molecule has 0 aliphatic carbocycles. The lowest BCUT2D eigenvalue weighted by Crippen LogP contribution is -2.46. The van der Waals surface area contributed by atoms with Gasteiger partial charge >= 0.3 is 11.7 Å². The van der Waals surface area contributed by atoms with Gasteiger partial charge in [0.2, 0.25) is 5.82 Å². The van der Waals surface area contributed by atoms with E-state index in [4.69, 9.17) is 0 Å². The minimum absolute atomic E-state index is 0.0718. The molecule has 0 radical (unpaired) electrons. The van der Waals surface area contributed by atoms with Crippen molar-refractivity contribution in [3.05, 3.63) is 63.8 Å². The SMILES string of the molecule is COC(=O)c1cnc(NC2CC3CCC(C2)N3Cc2ccccc2)c([N+](=O)[O-])c1. The first-order chi connectivity index (χ1) is 14.0. The lowest BCUT2D eigenvalue weighted by molar-refractivity contribution is -0.384. The van der Waals surface area contributed by atoms with Crippen LogP contribution in [0.25, 0.3) is 0 Å². The van der Waals surface area contributed by atoms with Gasteiger partial charge in [-0.3, -0.25) is 15.0 Å². The topological polar surface area (TPSA) is 97.6 Å². The Morgan fingerprint density at radius 3 is 2.59 bits per heavy atom. The first-order valence-electron chi connectivity index (χ1n) is 9.84. The van der Waals surface area contributed by atoms with Crippen LogP contribution in [-0.4, -0.2) is 46.0 Å². The van der Waals surface area contributed by atoms with Crippen molar-refractivity contribution in [3.8, 4) is 0 Å². The summed E-state index contributed by atoms with van der Waals surface area (Å²) < 4.78 is 4.63. The van der Waals surface area contributed by atoms with Crippen LogP contribution in [0.4, 0.5) is 11.5 Å². The van der Waals surface area contributed by atoms with Crippen molar-refractivity contribution in [3.63, 3.8) is 0 Å². The van der Waals surface area contributed by atoms with Gasteiger partial charge in [0, 0.05) is 36.9 Å². The number of methoxy groups -OCH3 is 1. The molecule has 0 saturated carbocycles. The van der Waals surface area contributed by atoms with Gasteiger partial charge in [0.05, 0.1) is 17.6 Å². The highest BCUT2D eigenvalue weighted by molar-refractivity contribution is 5.90. The van der Waals surface area contributed by atoms with E-state index in [-0.39, 0.29) is 23.1 Å². The molecule has 8 heteroatoms. The van der Waals surface area contributed by atoms with Gasteiger partial charge in [-0.05, 0) is 31.2 Å². The quantitative estimate of drug-likeness (QED) is 0.454. The summed E-state index contributed by atoms with van der Waals surface area (Å²) in [6, 6.07) is 12.7. The molecule has 1 aromatic carbocycles. The number of hydrogen-bond donors (Lipinski definition) is 1. The second-order valence-electron chi connectivity index (χ2n) is 7.70. The highest BCUT2D eigenvalue weighted by atomic mass is 16.6. The van der Waals surface area contributed by atoms with Crippen molar-refractivity contribution in [2.24, 2.45) is 0 Å². The normalized spacial score (nSPS) is 23.6. The number of nitro groups is 1. The molecule has 8 nitrogen and oxygen atoms in total. The summed E-state index contributed by atoms with van der Waals surface area (Å²) in [6.07, 6.45) is 5.45. The number of anilines is 1. The number of rotatable bonds is 6. The molecule has 2 fully saturated rings. The Morgan fingerprint density at radius 1 is 1.28 bits per heavy atom. The van der Waals surface area contributed by atoms with Gasteiger partial charge in [0.1, 0.15) is 0 Å². The number of carbonyl (C=O) groups excluding carboxylic acids is 1. The predicted octanol–water partition coefficient (Wildman–Crippen LogP) is 3.38. The third-order valence-corrected chi connectivity index (χ3v) is 5.92. The number of hydrogen-bond acceptors (Lipinski definition) is 7. The zero-order chi connectivity index (χ0) is 20.4. The maximum absolute atomic E-state index is 11.7. The number of pyridine rings is 1. The lowest BCUT2D eigenvalue weighted by Gasteiger charge is -2.39. The van der Waals surface area contributed by atoms with Crippen LogP contribution in [0.1, 0.15) is 41.6 Å². The zero-order valence-electron chi connectivity index (χ0n) is 16.3. The average molecular weight is 396 g/mol. The summed E-state index contributed by atoms with van der Waals surface area (Å²) in [5.41, 5.74) is 1.18. The van der Waals surface area contributed by atoms with E-state index in [1.165, 1.54) is 24.9 Å². The Bertz CT molecular complexity index is 891. The molecule has 0 spiro atoms. The van der Waals surface area contributed by atoms with E-state index in [9.17, 15) is 14.9 Å². The Hall–Kier alpha value is -3.00. The van der Waals surface area contributed by atoms with Crippen LogP contribution in [0.5, 0.6) is 0 Å². The van der Waals surface area contributed by atoms with Crippen molar-refractivity contribution in [1.29, 1.82) is 0 Å². The lowest BCUT2D eigenvalue weighted by atomic mass is 9.96. The fraction of sp³-hybridized carbons (Fsp3) is 0.429. The number of carbonyl (C=O) groups is 1. The van der Waals surface area contributed by atoms with E-state index in [0.717, 1.165) is 32.2 Å². The molecule has 29 heavy (non-hydrogen) atoms. The van der Waals surface area contributed by atoms with E-state index in [1.807, 2.05) is 6.07 Å². The maximum atomic E-state index is 11.7. The summed E-state index contributed by atoms with van der Waals surface area (Å²) in [5.74, 6) is -0.428. The minimum Gasteiger partial charge on any atom is -0.465 e. The number of piperidine rings is 1. The van der Waals surface area contributed by atoms with Crippen molar-refractivity contribution in [1.82, 2.24) is 9.88 Å². The minimum atomic E-state index is -0.639. The number of aromatic nitrogens is 1. The van der Waals surface area contributed by atoms with E-state index < -0.39 is 10.9 Å². The van der Waals surface area contributed by atoms with Gasteiger partial charge in [0.15, 0.2) is 0 Å². The van der Waals surface area contributed by atoms with Crippen LogP contribution < -0.4 is 5.32 Å². The summed E-state index contributed by atoms with van der Waals surface area (Å²) in [5, 5.41) is 14.8. The first kappa shape index (κ1) is 19.3. The molecule has 2 aliphatic heterocycles. The summed E-state index contributed by atoms with van der Waals surface area (Å²) in [6.45, 7) is 0.940. The van der Waals surface area contributed by atoms with Crippen LogP contribution in [0.2, 0.25) is 0 Å². The van der Waals surface area contributed by atoms with Gasteiger partial charge in [-0.15, -0.1) is 0 Å². The molecule has 2 unspecified atom stereocenters.